The van der Waals surface area contributed by atoms with Crippen molar-refractivity contribution in [2.75, 3.05) is 13.2 Å². The zero-order chi connectivity index (χ0) is 20.4. The van der Waals surface area contributed by atoms with Gasteiger partial charge in [-0.25, -0.2) is 0 Å². The third-order valence-corrected chi connectivity index (χ3v) is 4.69. The Bertz CT molecular complexity index is 675. The minimum atomic E-state index is -0.812. The van der Waals surface area contributed by atoms with Crippen LogP contribution in [0.5, 0.6) is 5.75 Å². The highest BCUT2D eigenvalue weighted by atomic mass is 35.5. The van der Waals surface area contributed by atoms with Crippen molar-refractivity contribution < 1.29 is 29.6 Å². The molecule has 28 heavy (non-hydrogen) atoms. The van der Waals surface area contributed by atoms with Crippen LogP contribution in [0.1, 0.15) is 25.7 Å². The molecule has 3 N–H and O–H groups in total. The molecular formula is C21H27ClO6. The molecule has 1 aromatic carbocycles. The van der Waals surface area contributed by atoms with E-state index in [1.54, 1.807) is 36.4 Å². The number of hydrogen-bond acceptors (Lipinski definition) is 5. The van der Waals surface area contributed by atoms with Crippen LogP contribution in [0.25, 0.3) is 0 Å². The van der Waals surface area contributed by atoms with Crippen molar-refractivity contribution in [1.29, 1.82) is 0 Å². The van der Waals surface area contributed by atoms with Crippen molar-refractivity contribution in [1.82, 2.24) is 0 Å². The molecule has 0 saturated carbocycles. The summed E-state index contributed by atoms with van der Waals surface area (Å²) in [5.74, 6) is -0.317. The van der Waals surface area contributed by atoms with Gasteiger partial charge in [-0.3, -0.25) is 4.79 Å². The predicted molar refractivity (Wildman–Crippen MR) is 107 cm³/mol. The molecule has 2 rings (SSSR count). The van der Waals surface area contributed by atoms with E-state index in [1.807, 2.05) is 12.2 Å². The molecule has 4 atom stereocenters. The Hall–Kier alpha value is -1.86. The van der Waals surface area contributed by atoms with E-state index in [1.165, 1.54) is 0 Å². The Morgan fingerprint density at radius 3 is 2.96 bits per heavy atom. The summed E-state index contributed by atoms with van der Waals surface area (Å²) < 4.78 is 11.1. The molecule has 0 aliphatic carbocycles. The molecule has 1 fully saturated rings. The maximum atomic E-state index is 10.5. The van der Waals surface area contributed by atoms with E-state index in [9.17, 15) is 15.0 Å². The van der Waals surface area contributed by atoms with E-state index in [-0.39, 0.29) is 31.7 Å². The number of allylic oxidation sites excluding steroid dienone is 2. The van der Waals surface area contributed by atoms with Crippen molar-refractivity contribution in [3.05, 3.63) is 53.6 Å². The van der Waals surface area contributed by atoms with Crippen molar-refractivity contribution in [3.8, 4) is 5.75 Å². The van der Waals surface area contributed by atoms with Crippen LogP contribution in [0.3, 0.4) is 0 Å². The molecule has 1 heterocycles. The number of carboxylic acids is 1. The van der Waals surface area contributed by atoms with Gasteiger partial charge in [-0.05, 0) is 37.5 Å². The fourth-order valence-corrected chi connectivity index (χ4v) is 3.12. The number of aliphatic hydroxyl groups excluding tert-OH is 2. The number of unbranched alkanes of at least 4 members (excludes halogenated alkanes) is 1. The van der Waals surface area contributed by atoms with Crippen molar-refractivity contribution in [3.63, 3.8) is 0 Å². The SMILES string of the molecule is O=C(O)CCCC=CC[C@H]1[C@@H](O)CO[C@@H]1C=C[C@@H](O)COc1cccc(Cl)c1. The van der Waals surface area contributed by atoms with Crippen LogP contribution in [-0.4, -0.2) is 52.8 Å². The zero-order valence-corrected chi connectivity index (χ0v) is 16.4. The highest BCUT2D eigenvalue weighted by molar-refractivity contribution is 6.30. The average Bonchev–Trinajstić information content (AvgIpc) is 3.01. The first-order valence-corrected chi connectivity index (χ1v) is 9.74. The van der Waals surface area contributed by atoms with E-state index in [2.05, 4.69) is 0 Å². The molecule has 1 aromatic rings. The second kappa shape index (κ2) is 11.9. The molecule has 0 bridgehead atoms. The highest BCUT2D eigenvalue weighted by Crippen LogP contribution is 2.26. The number of benzene rings is 1. The van der Waals surface area contributed by atoms with E-state index in [4.69, 9.17) is 26.2 Å². The zero-order valence-electron chi connectivity index (χ0n) is 15.6. The first kappa shape index (κ1) is 22.4. The summed E-state index contributed by atoms with van der Waals surface area (Å²) in [4.78, 5) is 10.5. The molecular weight excluding hydrogens is 384 g/mol. The molecule has 0 radical (unpaired) electrons. The number of rotatable bonds is 11. The van der Waals surface area contributed by atoms with Gasteiger partial charge in [-0.2, -0.15) is 0 Å². The Kier molecular flexibility index (Phi) is 9.50. The Morgan fingerprint density at radius 2 is 2.21 bits per heavy atom. The van der Waals surface area contributed by atoms with Gasteiger partial charge in [0.1, 0.15) is 18.5 Å². The van der Waals surface area contributed by atoms with Crippen LogP contribution >= 0.6 is 11.6 Å². The second-order valence-electron chi connectivity index (χ2n) is 6.74. The quantitative estimate of drug-likeness (QED) is 0.383. The maximum absolute atomic E-state index is 10.5. The third kappa shape index (κ3) is 8.02. The predicted octanol–water partition coefficient (Wildman–Crippen LogP) is 3.21. The molecule has 0 spiro atoms. The number of aliphatic hydroxyl groups is 2. The summed E-state index contributed by atoms with van der Waals surface area (Å²) in [5.41, 5.74) is 0. The fourth-order valence-electron chi connectivity index (χ4n) is 2.94. The first-order chi connectivity index (χ1) is 13.5. The lowest BCUT2D eigenvalue weighted by Crippen LogP contribution is -2.23. The van der Waals surface area contributed by atoms with E-state index < -0.39 is 18.2 Å². The smallest absolute Gasteiger partial charge is 0.303 e. The Labute approximate surface area is 170 Å². The average molecular weight is 411 g/mol. The van der Waals surface area contributed by atoms with Crippen LogP contribution in [0.4, 0.5) is 0 Å². The molecule has 1 aliphatic rings. The molecule has 0 amide bonds. The maximum Gasteiger partial charge on any atom is 0.303 e. The summed E-state index contributed by atoms with van der Waals surface area (Å²) in [6.07, 6.45) is 7.63. The van der Waals surface area contributed by atoms with Crippen LogP contribution in [0.2, 0.25) is 5.02 Å². The van der Waals surface area contributed by atoms with E-state index in [0.717, 1.165) is 0 Å². The number of hydrogen-bond donors (Lipinski definition) is 3. The summed E-state index contributed by atoms with van der Waals surface area (Å²) >= 11 is 5.89. The molecule has 0 unspecified atom stereocenters. The largest absolute Gasteiger partial charge is 0.491 e. The van der Waals surface area contributed by atoms with Crippen LogP contribution in [0.15, 0.2) is 48.6 Å². The number of carboxylic acid groups (broad SMARTS) is 1. The van der Waals surface area contributed by atoms with Gasteiger partial charge in [0.05, 0.1) is 18.8 Å². The first-order valence-electron chi connectivity index (χ1n) is 9.37. The van der Waals surface area contributed by atoms with Crippen LogP contribution in [-0.2, 0) is 9.53 Å². The fraction of sp³-hybridized carbons (Fsp3) is 0.476. The van der Waals surface area contributed by atoms with Crippen LogP contribution < -0.4 is 4.74 Å². The van der Waals surface area contributed by atoms with Crippen molar-refractivity contribution in [2.24, 2.45) is 5.92 Å². The highest BCUT2D eigenvalue weighted by Gasteiger charge is 2.33. The second-order valence-corrected chi connectivity index (χ2v) is 7.18. The van der Waals surface area contributed by atoms with Crippen molar-refractivity contribution in [2.45, 2.75) is 44.0 Å². The molecule has 0 aromatic heterocycles. The third-order valence-electron chi connectivity index (χ3n) is 4.45. The summed E-state index contributed by atoms with van der Waals surface area (Å²) in [6.45, 7) is 0.335. The molecule has 154 valence electrons. The van der Waals surface area contributed by atoms with Gasteiger partial charge >= 0.3 is 5.97 Å². The number of carbonyl (C=O) groups is 1. The topological polar surface area (TPSA) is 96.2 Å². The van der Waals surface area contributed by atoms with Crippen LogP contribution in [0, 0.1) is 5.92 Å². The van der Waals surface area contributed by atoms with E-state index in [0.29, 0.717) is 30.0 Å². The van der Waals surface area contributed by atoms with Gasteiger partial charge in [-0.1, -0.05) is 42.0 Å². The monoisotopic (exact) mass is 410 g/mol. The molecule has 1 aliphatic heterocycles. The van der Waals surface area contributed by atoms with Gasteiger partial charge in [0.25, 0.3) is 0 Å². The standard InChI is InChI=1S/C21H27ClO6/c22-15-6-5-7-17(12-15)27-13-16(23)10-11-20-18(19(24)14-28-20)8-3-1-2-4-9-21(25)26/h1,3,5-7,10-12,16,18-20,23-24H,2,4,8-9,13-14H2,(H,25,26)/t16-,18+,19+,20-/m1/s1. The van der Waals surface area contributed by atoms with E-state index >= 15 is 0 Å². The molecule has 6 nitrogen and oxygen atoms in total. The van der Waals surface area contributed by atoms with Crippen molar-refractivity contribution >= 4 is 17.6 Å². The van der Waals surface area contributed by atoms with Gasteiger partial charge in [0.2, 0.25) is 0 Å². The van der Waals surface area contributed by atoms with Gasteiger partial charge in [-0.15, -0.1) is 0 Å². The van der Waals surface area contributed by atoms with Gasteiger partial charge < -0.3 is 24.8 Å². The Balaban J connectivity index is 1.76. The lowest BCUT2D eigenvalue weighted by atomic mass is 9.94. The van der Waals surface area contributed by atoms with Gasteiger partial charge in [0, 0.05) is 17.4 Å². The number of ether oxygens (including phenoxy) is 2. The number of halogens is 1. The summed E-state index contributed by atoms with van der Waals surface area (Å²) in [7, 11) is 0. The normalized spacial score (nSPS) is 23.5. The lowest BCUT2D eigenvalue weighted by Gasteiger charge is -2.16. The lowest BCUT2D eigenvalue weighted by molar-refractivity contribution is -0.137. The number of aliphatic carboxylic acids is 1. The summed E-state index contributed by atoms with van der Waals surface area (Å²) in [5, 5.41) is 29.4. The molecule has 1 saturated heterocycles. The van der Waals surface area contributed by atoms with Gasteiger partial charge in [0.15, 0.2) is 0 Å². The Morgan fingerprint density at radius 1 is 1.39 bits per heavy atom. The molecule has 7 heteroatoms. The summed E-state index contributed by atoms with van der Waals surface area (Å²) in [6, 6.07) is 6.95. The minimum Gasteiger partial charge on any atom is -0.491 e. The minimum absolute atomic E-state index is 0.0836.